The van der Waals surface area contributed by atoms with Gasteiger partial charge in [0.1, 0.15) is 0 Å². The summed E-state index contributed by atoms with van der Waals surface area (Å²) in [5.74, 6) is 2.17. The molecule has 2 rings (SSSR count). The standard InChI is InChI=1S/C15H17N3O2/c1-2-8-16-14(19)7-9-17-15(20)18-10-12-5-3-4-6-13(12)11-18/h1,3-6H,7-11H2,(H,16,19)(H,17,20). The molecule has 104 valence electrons. The van der Waals surface area contributed by atoms with Crippen molar-refractivity contribution in [2.45, 2.75) is 19.5 Å². The van der Waals surface area contributed by atoms with Gasteiger partial charge in [0.15, 0.2) is 0 Å². The molecule has 0 spiro atoms. The predicted octanol–water partition coefficient (Wildman–Crippen LogP) is 0.851. The van der Waals surface area contributed by atoms with Gasteiger partial charge in [-0.1, -0.05) is 30.2 Å². The topological polar surface area (TPSA) is 61.4 Å². The van der Waals surface area contributed by atoms with E-state index in [1.807, 2.05) is 24.3 Å². The molecule has 1 aliphatic heterocycles. The molecule has 0 aliphatic carbocycles. The number of hydrogen-bond donors (Lipinski definition) is 2. The predicted molar refractivity (Wildman–Crippen MR) is 75.5 cm³/mol. The number of fused-ring (bicyclic) bond motifs is 1. The Bertz CT molecular complexity index is 523. The second-order valence-electron chi connectivity index (χ2n) is 4.59. The molecule has 0 atom stereocenters. The zero-order valence-electron chi connectivity index (χ0n) is 11.2. The third kappa shape index (κ3) is 3.51. The smallest absolute Gasteiger partial charge is 0.318 e. The van der Waals surface area contributed by atoms with E-state index in [2.05, 4.69) is 16.6 Å². The van der Waals surface area contributed by atoms with Gasteiger partial charge in [-0.2, -0.15) is 0 Å². The first-order chi connectivity index (χ1) is 9.70. The van der Waals surface area contributed by atoms with Crippen LogP contribution in [0.1, 0.15) is 17.5 Å². The van der Waals surface area contributed by atoms with Gasteiger partial charge in [-0.25, -0.2) is 4.79 Å². The second-order valence-corrected chi connectivity index (χ2v) is 4.59. The van der Waals surface area contributed by atoms with E-state index in [9.17, 15) is 9.59 Å². The van der Waals surface area contributed by atoms with Gasteiger partial charge in [0.25, 0.3) is 0 Å². The van der Waals surface area contributed by atoms with Crippen LogP contribution >= 0.6 is 0 Å². The van der Waals surface area contributed by atoms with Crippen molar-refractivity contribution in [1.29, 1.82) is 0 Å². The summed E-state index contributed by atoms with van der Waals surface area (Å²) < 4.78 is 0. The first-order valence-corrected chi connectivity index (χ1v) is 6.50. The summed E-state index contributed by atoms with van der Waals surface area (Å²) in [6.07, 6.45) is 5.27. The van der Waals surface area contributed by atoms with Crippen molar-refractivity contribution < 1.29 is 9.59 Å². The Labute approximate surface area is 118 Å². The Morgan fingerprint density at radius 1 is 1.20 bits per heavy atom. The van der Waals surface area contributed by atoms with Crippen molar-refractivity contribution in [3.05, 3.63) is 35.4 Å². The molecule has 0 unspecified atom stereocenters. The van der Waals surface area contributed by atoms with Crippen LogP contribution in [0.2, 0.25) is 0 Å². The zero-order valence-corrected chi connectivity index (χ0v) is 11.2. The Balaban J connectivity index is 1.72. The maximum atomic E-state index is 12.0. The molecule has 0 saturated carbocycles. The van der Waals surface area contributed by atoms with E-state index in [0.29, 0.717) is 19.6 Å². The van der Waals surface area contributed by atoms with E-state index in [1.165, 1.54) is 11.1 Å². The summed E-state index contributed by atoms with van der Waals surface area (Å²) in [4.78, 5) is 25.0. The molecule has 1 aliphatic rings. The van der Waals surface area contributed by atoms with Gasteiger partial charge in [-0.15, -0.1) is 6.42 Å². The highest BCUT2D eigenvalue weighted by Gasteiger charge is 2.22. The van der Waals surface area contributed by atoms with Gasteiger partial charge in [-0.05, 0) is 11.1 Å². The molecule has 5 nitrogen and oxygen atoms in total. The number of carbonyl (C=O) groups is 2. The number of nitrogens with zero attached hydrogens (tertiary/aromatic N) is 1. The molecule has 1 heterocycles. The van der Waals surface area contributed by atoms with Crippen LogP contribution in [0.3, 0.4) is 0 Å². The Kier molecular flexibility index (Phi) is 4.61. The second kappa shape index (κ2) is 6.62. The van der Waals surface area contributed by atoms with E-state index in [0.717, 1.165) is 0 Å². The normalized spacial score (nSPS) is 12.4. The van der Waals surface area contributed by atoms with E-state index in [1.54, 1.807) is 4.90 Å². The van der Waals surface area contributed by atoms with E-state index >= 15 is 0 Å². The van der Waals surface area contributed by atoms with Crippen molar-refractivity contribution in [3.63, 3.8) is 0 Å². The van der Waals surface area contributed by atoms with Gasteiger partial charge in [0, 0.05) is 26.1 Å². The lowest BCUT2D eigenvalue weighted by Crippen LogP contribution is -2.38. The van der Waals surface area contributed by atoms with Crippen LogP contribution in [0, 0.1) is 12.3 Å². The molecule has 20 heavy (non-hydrogen) atoms. The largest absolute Gasteiger partial charge is 0.345 e. The minimum Gasteiger partial charge on any atom is -0.345 e. The van der Waals surface area contributed by atoms with Gasteiger partial charge in [0.2, 0.25) is 5.91 Å². The minimum atomic E-state index is -0.159. The average Bonchev–Trinajstić information content (AvgIpc) is 2.89. The molecule has 5 heteroatoms. The summed E-state index contributed by atoms with van der Waals surface area (Å²) in [6, 6.07) is 7.84. The Morgan fingerprint density at radius 2 is 1.85 bits per heavy atom. The fourth-order valence-electron chi connectivity index (χ4n) is 2.11. The number of hydrogen-bond acceptors (Lipinski definition) is 2. The number of rotatable bonds is 4. The number of benzene rings is 1. The van der Waals surface area contributed by atoms with Crippen molar-refractivity contribution >= 4 is 11.9 Å². The highest BCUT2D eigenvalue weighted by atomic mass is 16.2. The molecule has 2 N–H and O–H groups in total. The van der Waals surface area contributed by atoms with Gasteiger partial charge < -0.3 is 15.5 Å². The molecule has 0 bridgehead atoms. The molecule has 3 amide bonds. The molecular weight excluding hydrogens is 254 g/mol. The third-order valence-electron chi connectivity index (χ3n) is 3.14. The Morgan fingerprint density at radius 3 is 2.45 bits per heavy atom. The van der Waals surface area contributed by atoms with E-state index in [-0.39, 0.29) is 24.9 Å². The third-order valence-corrected chi connectivity index (χ3v) is 3.14. The van der Waals surface area contributed by atoms with E-state index in [4.69, 9.17) is 6.42 Å². The molecule has 1 aromatic carbocycles. The maximum absolute atomic E-state index is 12.0. The average molecular weight is 271 g/mol. The van der Waals surface area contributed by atoms with Crippen LogP contribution in [-0.4, -0.2) is 29.9 Å². The van der Waals surface area contributed by atoms with Crippen molar-refractivity contribution in [2.24, 2.45) is 0 Å². The van der Waals surface area contributed by atoms with Gasteiger partial charge >= 0.3 is 6.03 Å². The van der Waals surface area contributed by atoms with Crippen LogP contribution in [0.4, 0.5) is 4.79 Å². The molecular formula is C15H17N3O2. The van der Waals surface area contributed by atoms with Crippen molar-refractivity contribution in [3.8, 4) is 12.3 Å². The summed E-state index contributed by atoms with van der Waals surface area (Å²) in [6.45, 7) is 1.76. The maximum Gasteiger partial charge on any atom is 0.318 e. The molecule has 0 radical (unpaired) electrons. The van der Waals surface area contributed by atoms with Crippen LogP contribution in [0.25, 0.3) is 0 Å². The minimum absolute atomic E-state index is 0.147. The van der Waals surface area contributed by atoms with Gasteiger partial charge in [-0.3, -0.25) is 4.79 Å². The lowest BCUT2D eigenvalue weighted by atomic mass is 10.1. The lowest BCUT2D eigenvalue weighted by molar-refractivity contribution is -0.120. The van der Waals surface area contributed by atoms with E-state index < -0.39 is 0 Å². The van der Waals surface area contributed by atoms with Crippen LogP contribution in [0.5, 0.6) is 0 Å². The van der Waals surface area contributed by atoms with Crippen molar-refractivity contribution in [2.75, 3.05) is 13.1 Å². The number of carbonyl (C=O) groups excluding carboxylic acids is 2. The van der Waals surface area contributed by atoms with Crippen LogP contribution in [-0.2, 0) is 17.9 Å². The Hall–Kier alpha value is -2.48. The SMILES string of the molecule is C#CCNC(=O)CCNC(=O)N1Cc2ccccc2C1. The monoisotopic (exact) mass is 271 g/mol. The van der Waals surface area contributed by atoms with Crippen LogP contribution in [0.15, 0.2) is 24.3 Å². The zero-order chi connectivity index (χ0) is 14.4. The van der Waals surface area contributed by atoms with Crippen molar-refractivity contribution in [1.82, 2.24) is 15.5 Å². The molecule has 0 fully saturated rings. The number of amides is 3. The molecule has 1 aromatic rings. The summed E-state index contributed by atoms with van der Waals surface area (Å²) in [7, 11) is 0. The lowest BCUT2D eigenvalue weighted by Gasteiger charge is -2.16. The van der Waals surface area contributed by atoms with Crippen LogP contribution < -0.4 is 10.6 Å². The molecule has 0 aromatic heterocycles. The summed E-state index contributed by atoms with van der Waals surface area (Å²) in [5, 5.41) is 5.29. The number of urea groups is 1. The van der Waals surface area contributed by atoms with Gasteiger partial charge in [0.05, 0.1) is 6.54 Å². The summed E-state index contributed by atoms with van der Waals surface area (Å²) in [5.41, 5.74) is 2.35. The molecule has 0 saturated heterocycles. The summed E-state index contributed by atoms with van der Waals surface area (Å²) >= 11 is 0. The highest BCUT2D eigenvalue weighted by Crippen LogP contribution is 2.21. The number of nitrogens with one attached hydrogen (secondary N) is 2. The quantitative estimate of drug-likeness (QED) is 0.798. The fourth-order valence-corrected chi connectivity index (χ4v) is 2.11. The first kappa shape index (κ1) is 13.9. The number of terminal acetylenes is 1. The fraction of sp³-hybridized carbons (Fsp3) is 0.333. The first-order valence-electron chi connectivity index (χ1n) is 6.50. The highest BCUT2D eigenvalue weighted by molar-refractivity contribution is 5.78.